The molecule has 0 aromatic heterocycles. The van der Waals surface area contributed by atoms with Gasteiger partial charge in [-0.15, -0.1) is 0 Å². The predicted molar refractivity (Wildman–Crippen MR) is 74.2 cm³/mol. The first-order valence-corrected chi connectivity index (χ1v) is 6.84. The number of anilines is 1. The van der Waals surface area contributed by atoms with Gasteiger partial charge in [0.25, 0.3) is 5.91 Å². The Morgan fingerprint density at radius 2 is 2.06 bits per heavy atom. The van der Waals surface area contributed by atoms with E-state index in [1.54, 1.807) is 36.0 Å². The van der Waals surface area contributed by atoms with Gasteiger partial charge >= 0.3 is 0 Å². The monoisotopic (exact) mass is 253 g/mol. The highest BCUT2D eigenvalue weighted by Crippen LogP contribution is 2.09. The van der Waals surface area contributed by atoms with Crippen molar-refractivity contribution in [1.82, 2.24) is 5.32 Å². The zero-order valence-electron chi connectivity index (χ0n) is 10.2. The fourth-order valence-corrected chi connectivity index (χ4v) is 1.68. The molecule has 1 aromatic rings. The molecule has 4 nitrogen and oxygen atoms in total. The summed E-state index contributed by atoms with van der Waals surface area (Å²) in [4.78, 5) is 11.7. The minimum absolute atomic E-state index is 0.0399. The van der Waals surface area contributed by atoms with Gasteiger partial charge in [0, 0.05) is 23.0 Å². The zero-order chi connectivity index (χ0) is 12.7. The van der Waals surface area contributed by atoms with E-state index in [0.717, 1.165) is 12.1 Å². The lowest BCUT2D eigenvalue weighted by Gasteiger charge is -2.09. The van der Waals surface area contributed by atoms with Crippen LogP contribution in [0.3, 0.4) is 0 Å². The average Bonchev–Trinajstić information content (AvgIpc) is 2.38. The molecular weight excluding hydrogens is 234 g/mol. The van der Waals surface area contributed by atoms with Crippen molar-refractivity contribution in [2.45, 2.75) is 18.6 Å². The highest BCUT2D eigenvalue weighted by Gasteiger charge is 2.05. The number of nitrogen functional groups attached to an aromatic ring is 1. The Morgan fingerprint density at radius 3 is 2.59 bits per heavy atom. The Labute approximate surface area is 106 Å². The summed E-state index contributed by atoms with van der Waals surface area (Å²) < 4.78 is 0. The van der Waals surface area contributed by atoms with Gasteiger partial charge in [-0.05, 0) is 36.9 Å². The van der Waals surface area contributed by atoms with Gasteiger partial charge in [-0.1, -0.05) is 6.92 Å². The van der Waals surface area contributed by atoms with Crippen molar-refractivity contribution in [1.29, 1.82) is 0 Å². The Balaban J connectivity index is 2.41. The van der Waals surface area contributed by atoms with Gasteiger partial charge in [-0.3, -0.25) is 10.6 Å². The summed E-state index contributed by atoms with van der Waals surface area (Å²) in [7, 11) is 0. The third-order valence-corrected chi connectivity index (χ3v) is 3.59. The lowest BCUT2D eigenvalue weighted by molar-refractivity contribution is 0.0953. The molecule has 1 atom stereocenters. The number of amides is 1. The summed E-state index contributed by atoms with van der Waals surface area (Å²) in [5.41, 5.74) is 3.97. The number of carbonyl (C=O) groups is 1. The van der Waals surface area contributed by atoms with Crippen molar-refractivity contribution in [3.8, 4) is 0 Å². The fourth-order valence-electron chi connectivity index (χ4n) is 1.33. The molecule has 5 heteroatoms. The SMILES string of the molecule is CSC(C)CCNC(=O)c1ccc(NN)cc1. The molecule has 1 amide bonds. The summed E-state index contributed by atoms with van der Waals surface area (Å²) >= 11 is 1.80. The first-order chi connectivity index (χ1) is 8.17. The van der Waals surface area contributed by atoms with Crippen LogP contribution in [-0.4, -0.2) is 24.0 Å². The summed E-state index contributed by atoms with van der Waals surface area (Å²) in [6.45, 7) is 2.86. The largest absolute Gasteiger partial charge is 0.352 e. The van der Waals surface area contributed by atoms with Crippen LogP contribution in [0.25, 0.3) is 0 Å². The summed E-state index contributed by atoms with van der Waals surface area (Å²) in [5.74, 6) is 5.21. The smallest absolute Gasteiger partial charge is 0.251 e. The van der Waals surface area contributed by atoms with Crippen molar-refractivity contribution in [3.05, 3.63) is 29.8 Å². The number of rotatable bonds is 6. The zero-order valence-corrected chi connectivity index (χ0v) is 11.0. The van der Waals surface area contributed by atoms with Crippen molar-refractivity contribution in [2.75, 3.05) is 18.2 Å². The van der Waals surface area contributed by atoms with E-state index in [0.29, 0.717) is 17.4 Å². The van der Waals surface area contributed by atoms with Gasteiger partial charge in [-0.25, -0.2) is 0 Å². The molecule has 0 saturated heterocycles. The van der Waals surface area contributed by atoms with Crippen LogP contribution in [0.1, 0.15) is 23.7 Å². The van der Waals surface area contributed by atoms with E-state index in [4.69, 9.17) is 5.84 Å². The third kappa shape index (κ3) is 4.66. The molecule has 0 spiro atoms. The van der Waals surface area contributed by atoms with Crippen molar-refractivity contribution >= 4 is 23.4 Å². The highest BCUT2D eigenvalue weighted by molar-refractivity contribution is 7.99. The first kappa shape index (κ1) is 13.9. The Morgan fingerprint density at radius 1 is 1.41 bits per heavy atom. The Kier molecular flexibility index (Phi) is 5.86. The number of hydrazine groups is 1. The number of thioether (sulfide) groups is 1. The molecule has 1 rings (SSSR count). The van der Waals surface area contributed by atoms with Gasteiger partial charge < -0.3 is 10.7 Å². The molecule has 4 N–H and O–H groups in total. The second kappa shape index (κ2) is 7.19. The van der Waals surface area contributed by atoms with Crippen LogP contribution in [0.5, 0.6) is 0 Å². The van der Waals surface area contributed by atoms with Crippen LogP contribution in [0, 0.1) is 0 Å². The van der Waals surface area contributed by atoms with E-state index in [9.17, 15) is 4.79 Å². The van der Waals surface area contributed by atoms with E-state index in [1.165, 1.54) is 0 Å². The third-order valence-electron chi connectivity index (χ3n) is 2.55. The molecule has 94 valence electrons. The quantitative estimate of drug-likeness (QED) is 0.534. The van der Waals surface area contributed by atoms with Crippen molar-refractivity contribution in [2.24, 2.45) is 5.84 Å². The van der Waals surface area contributed by atoms with Crippen molar-refractivity contribution in [3.63, 3.8) is 0 Å². The number of hydrogen-bond acceptors (Lipinski definition) is 4. The second-order valence-electron chi connectivity index (χ2n) is 3.81. The minimum atomic E-state index is -0.0399. The molecule has 0 aliphatic rings. The second-order valence-corrected chi connectivity index (χ2v) is 5.09. The Bertz CT molecular complexity index is 353. The molecule has 1 unspecified atom stereocenters. The average molecular weight is 253 g/mol. The van der Waals surface area contributed by atoms with E-state index >= 15 is 0 Å². The van der Waals surface area contributed by atoms with Crippen molar-refractivity contribution < 1.29 is 4.79 Å². The topological polar surface area (TPSA) is 67.2 Å². The van der Waals surface area contributed by atoms with E-state index in [1.807, 2.05) is 0 Å². The van der Waals surface area contributed by atoms with Crippen LogP contribution < -0.4 is 16.6 Å². The molecule has 17 heavy (non-hydrogen) atoms. The molecule has 0 saturated carbocycles. The minimum Gasteiger partial charge on any atom is -0.352 e. The first-order valence-electron chi connectivity index (χ1n) is 5.55. The maximum absolute atomic E-state index is 11.7. The molecular formula is C12H19N3OS. The van der Waals surface area contributed by atoms with Crippen LogP contribution in [-0.2, 0) is 0 Å². The summed E-state index contributed by atoms with van der Waals surface area (Å²) in [5, 5.41) is 3.47. The molecule has 0 heterocycles. The Hall–Kier alpha value is -1.20. The maximum Gasteiger partial charge on any atom is 0.251 e. The van der Waals surface area contributed by atoms with Gasteiger partial charge in [0.1, 0.15) is 0 Å². The molecule has 0 fully saturated rings. The van der Waals surface area contributed by atoms with Gasteiger partial charge in [0.2, 0.25) is 0 Å². The number of nitrogens with one attached hydrogen (secondary N) is 2. The number of nitrogens with two attached hydrogens (primary N) is 1. The van der Waals surface area contributed by atoms with Gasteiger partial charge in [-0.2, -0.15) is 11.8 Å². The molecule has 1 aromatic carbocycles. The van der Waals surface area contributed by atoms with Crippen LogP contribution >= 0.6 is 11.8 Å². The van der Waals surface area contributed by atoms with E-state index in [-0.39, 0.29) is 5.91 Å². The predicted octanol–water partition coefficient (Wildman–Crippen LogP) is 1.84. The fraction of sp³-hybridized carbons (Fsp3) is 0.417. The van der Waals surface area contributed by atoms with E-state index < -0.39 is 0 Å². The van der Waals surface area contributed by atoms with Crippen LogP contribution in [0.4, 0.5) is 5.69 Å². The molecule has 0 radical (unpaired) electrons. The summed E-state index contributed by atoms with van der Waals surface area (Å²) in [6, 6.07) is 7.06. The van der Waals surface area contributed by atoms with Gasteiger partial charge in [0.05, 0.1) is 0 Å². The lowest BCUT2D eigenvalue weighted by atomic mass is 10.2. The number of benzene rings is 1. The summed E-state index contributed by atoms with van der Waals surface area (Å²) in [6.07, 6.45) is 3.06. The van der Waals surface area contributed by atoms with E-state index in [2.05, 4.69) is 23.9 Å². The molecule has 0 bridgehead atoms. The number of hydrogen-bond donors (Lipinski definition) is 3. The number of carbonyl (C=O) groups excluding carboxylic acids is 1. The molecule has 0 aliphatic carbocycles. The standard InChI is InChI=1S/C12H19N3OS/c1-9(17-2)7-8-14-12(16)10-3-5-11(15-13)6-4-10/h3-6,9,15H,7-8,13H2,1-2H3,(H,14,16). The van der Waals surface area contributed by atoms with Crippen LogP contribution in [0.2, 0.25) is 0 Å². The normalized spacial score (nSPS) is 11.9. The van der Waals surface area contributed by atoms with Crippen LogP contribution in [0.15, 0.2) is 24.3 Å². The maximum atomic E-state index is 11.7. The lowest BCUT2D eigenvalue weighted by Crippen LogP contribution is -2.26. The van der Waals surface area contributed by atoms with Gasteiger partial charge in [0.15, 0.2) is 0 Å². The highest BCUT2D eigenvalue weighted by atomic mass is 32.2. The molecule has 0 aliphatic heterocycles.